The lowest BCUT2D eigenvalue weighted by Gasteiger charge is -2.23. The van der Waals surface area contributed by atoms with Crippen molar-refractivity contribution in [1.29, 1.82) is 0 Å². The van der Waals surface area contributed by atoms with Gasteiger partial charge in [-0.1, -0.05) is 12.1 Å². The van der Waals surface area contributed by atoms with Crippen molar-refractivity contribution < 1.29 is 19.3 Å². The molecule has 0 aliphatic carbocycles. The second-order valence-electron chi connectivity index (χ2n) is 8.04. The number of para-hydroxylation sites is 1. The predicted octanol–water partition coefficient (Wildman–Crippen LogP) is 4.72. The number of phenolic OH excluding ortho intramolecular Hbond substituents is 1. The van der Waals surface area contributed by atoms with Gasteiger partial charge in [-0.2, -0.15) is 5.10 Å². The van der Waals surface area contributed by atoms with Crippen molar-refractivity contribution in [2.45, 2.75) is 58.0 Å². The molecule has 2 fully saturated rings. The van der Waals surface area contributed by atoms with E-state index in [1.165, 1.54) is 0 Å². The quantitative estimate of drug-likeness (QED) is 0.672. The van der Waals surface area contributed by atoms with Gasteiger partial charge in [-0.05, 0) is 51.2 Å². The van der Waals surface area contributed by atoms with Crippen molar-refractivity contribution in [2.24, 2.45) is 0 Å². The number of hydrogen-bond donors (Lipinski definition) is 1. The van der Waals surface area contributed by atoms with Crippen LogP contribution in [-0.2, 0) is 9.47 Å². The molecule has 2 atom stereocenters. The van der Waals surface area contributed by atoms with E-state index in [4.69, 9.17) is 19.3 Å². The number of rotatable bonds is 4. The van der Waals surface area contributed by atoms with Gasteiger partial charge in [-0.25, -0.2) is 9.67 Å². The molecule has 0 amide bonds. The normalized spacial score (nSPS) is 22.3. The van der Waals surface area contributed by atoms with Gasteiger partial charge in [0.25, 0.3) is 0 Å². The molecule has 7 nitrogen and oxygen atoms in total. The zero-order valence-electron chi connectivity index (χ0n) is 17.2. The van der Waals surface area contributed by atoms with Crippen molar-refractivity contribution in [1.82, 2.24) is 14.8 Å². The van der Waals surface area contributed by atoms with E-state index in [-0.39, 0.29) is 18.3 Å². The molecule has 30 heavy (non-hydrogen) atoms. The first-order valence-electron chi connectivity index (χ1n) is 10.8. The Bertz CT molecular complexity index is 1040. The molecule has 158 valence electrons. The maximum Gasteiger partial charge on any atom is 0.200 e. The molecule has 1 N–H and O–H groups in total. The van der Waals surface area contributed by atoms with E-state index in [1.807, 2.05) is 36.0 Å². The average Bonchev–Trinajstić information content (AvgIpc) is 3.19. The summed E-state index contributed by atoms with van der Waals surface area (Å²) in [5.41, 5.74) is 2.98. The standard InChI is InChI=1S/C23H27N3O4/c1-15-13-17(16-7-6-8-18(27)22(16)24-15)23-19(30-21-10-3-5-12-29-21)14-26(25-23)20-9-2-4-11-28-20/h6-8,13-14,20-21,27H,2-5,9-12H2,1H3. The van der Waals surface area contributed by atoms with E-state index >= 15 is 0 Å². The Labute approximate surface area is 175 Å². The molecule has 1 aromatic carbocycles. The molecule has 4 heterocycles. The first-order valence-corrected chi connectivity index (χ1v) is 10.8. The van der Waals surface area contributed by atoms with Crippen molar-refractivity contribution in [3.05, 3.63) is 36.2 Å². The van der Waals surface area contributed by atoms with Gasteiger partial charge in [-0.15, -0.1) is 0 Å². The molecule has 2 saturated heterocycles. The van der Waals surface area contributed by atoms with Crippen molar-refractivity contribution in [3.63, 3.8) is 0 Å². The van der Waals surface area contributed by atoms with Crippen LogP contribution in [0.2, 0.25) is 0 Å². The number of pyridine rings is 1. The van der Waals surface area contributed by atoms with Crippen LogP contribution < -0.4 is 4.74 Å². The SMILES string of the molecule is Cc1cc(-c2nn(C3CCCCO3)cc2OC2CCCCO2)c2cccc(O)c2n1. The largest absolute Gasteiger partial charge is 0.506 e. The zero-order valence-corrected chi connectivity index (χ0v) is 17.2. The Morgan fingerprint density at radius 3 is 2.70 bits per heavy atom. The minimum absolute atomic E-state index is 0.0928. The van der Waals surface area contributed by atoms with E-state index in [2.05, 4.69) is 4.98 Å². The summed E-state index contributed by atoms with van der Waals surface area (Å²) in [7, 11) is 0. The molecule has 0 bridgehead atoms. The summed E-state index contributed by atoms with van der Waals surface area (Å²) in [4.78, 5) is 4.53. The fourth-order valence-electron chi connectivity index (χ4n) is 4.23. The molecule has 0 radical (unpaired) electrons. The van der Waals surface area contributed by atoms with Crippen LogP contribution in [0.4, 0.5) is 0 Å². The first-order chi connectivity index (χ1) is 14.7. The molecule has 0 spiro atoms. The Morgan fingerprint density at radius 1 is 1.10 bits per heavy atom. The van der Waals surface area contributed by atoms with E-state index in [9.17, 15) is 5.11 Å². The molecule has 2 aliphatic heterocycles. The van der Waals surface area contributed by atoms with E-state index < -0.39 is 0 Å². The molecule has 2 aromatic heterocycles. The second-order valence-corrected chi connectivity index (χ2v) is 8.04. The van der Waals surface area contributed by atoms with Crippen molar-refractivity contribution in [3.8, 4) is 22.8 Å². The zero-order chi connectivity index (χ0) is 20.5. The maximum absolute atomic E-state index is 10.3. The fraction of sp³-hybridized carbons (Fsp3) is 0.478. The Kier molecular flexibility index (Phi) is 5.31. The summed E-state index contributed by atoms with van der Waals surface area (Å²) in [5, 5.41) is 16.1. The van der Waals surface area contributed by atoms with Crippen LogP contribution in [0.5, 0.6) is 11.5 Å². The van der Waals surface area contributed by atoms with Crippen LogP contribution in [0.25, 0.3) is 22.2 Å². The van der Waals surface area contributed by atoms with Gasteiger partial charge in [-0.3, -0.25) is 0 Å². The molecular weight excluding hydrogens is 382 g/mol. The second kappa shape index (κ2) is 8.24. The van der Waals surface area contributed by atoms with Crippen LogP contribution >= 0.6 is 0 Å². The Hall–Kier alpha value is -2.64. The van der Waals surface area contributed by atoms with E-state index in [0.29, 0.717) is 17.9 Å². The van der Waals surface area contributed by atoms with Gasteiger partial charge in [0.2, 0.25) is 0 Å². The smallest absolute Gasteiger partial charge is 0.200 e. The fourth-order valence-corrected chi connectivity index (χ4v) is 4.23. The monoisotopic (exact) mass is 409 g/mol. The molecule has 0 saturated carbocycles. The number of hydrogen-bond acceptors (Lipinski definition) is 6. The van der Waals surface area contributed by atoms with E-state index in [1.54, 1.807) is 6.07 Å². The maximum atomic E-state index is 10.3. The van der Waals surface area contributed by atoms with Gasteiger partial charge in [0.05, 0.1) is 12.8 Å². The lowest BCUT2D eigenvalue weighted by molar-refractivity contribution is -0.105. The van der Waals surface area contributed by atoms with Crippen LogP contribution in [0.1, 0.15) is 50.4 Å². The summed E-state index contributed by atoms with van der Waals surface area (Å²) in [6.07, 6.45) is 7.70. The summed E-state index contributed by atoms with van der Waals surface area (Å²) in [6, 6.07) is 7.42. The highest BCUT2D eigenvalue weighted by Gasteiger charge is 2.25. The van der Waals surface area contributed by atoms with Crippen molar-refractivity contribution >= 4 is 10.9 Å². The average molecular weight is 409 g/mol. The third-order valence-electron chi connectivity index (χ3n) is 5.75. The summed E-state index contributed by atoms with van der Waals surface area (Å²) >= 11 is 0. The van der Waals surface area contributed by atoms with Gasteiger partial charge in [0.1, 0.15) is 23.2 Å². The number of nitrogens with zero attached hydrogens (tertiary/aromatic N) is 3. The number of ether oxygens (including phenoxy) is 3. The number of aromatic nitrogens is 3. The minimum Gasteiger partial charge on any atom is -0.506 e. The van der Waals surface area contributed by atoms with Gasteiger partial charge >= 0.3 is 0 Å². The Balaban J connectivity index is 1.61. The number of aromatic hydroxyl groups is 1. The number of fused-ring (bicyclic) bond motifs is 1. The highest BCUT2D eigenvalue weighted by atomic mass is 16.7. The summed E-state index contributed by atoms with van der Waals surface area (Å²) in [6.45, 7) is 3.37. The molecule has 2 aliphatic rings. The van der Waals surface area contributed by atoms with Gasteiger partial charge in [0.15, 0.2) is 12.0 Å². The van der Waals surface area contributed by atoms with E-state index in [0.717, 1.165) is 67.5 Å². The lowest BCUT2D eigenvalue weighted by atomic mass is 10.0. The number of aryl methyl sites for hydroxylation is 1. The van der Waals surface area contributed by atoms with Crippen LogP contribution in [0.15, 0.2) is 30.5 Å². The molecule has 5 rings (SSSR count). The topological polar surface area (TPSA) is 78.6 Å². The van der Waals surface area contributed by atoms with Crippen LogP contribution in [-0.4, -0.2) is 39.4 Å². The van der Waals surface area contributed by atoms with Crippen molar-refractivity contribution in [2.75, 3.05) is 13.2 Å². The minimum atomic E-state index is -0.273. The molecule has 2 unspecified atom stereocenters. The molecule has 3 aromatic rings. The van der Waals surface area contributed by atoms with Crippen LogP contribution in [0.3, 0.4) is 0 Å². The third kappa shape index (κ3) is 3.75. The number of phenols is 1. The lowest BCUT2D eigenvalue weighted by Crippen LogP contribution is -2.25. The number of benzene rings is 1. The van der Waals surface area contributed by atoms with Crippen LogP contribution in [0, 0.1) is 6.92 Å². The molecule has 7 heteroatoms. The third-order valence-corrected chi connectivity index (χ3v) is 5.75. The molecular formula is C23H27N3O4. The highest BCUT2D eigenvalue weighted by Crippen LogP contribution is 2.38. The summed E-state index contributed by atoms with van der Waals surface area (Å²) < 4.78 is 19.9. The Morgan fingerprint density at radius 2 is 1.93 bits per heavy atom. The first kappa shape index (κ1) is 19.3. The predicted molar refractivity (Wildman–Crippen MR) is 112 cm³/mol. The van der Waals surface area contributed by atoms with Gasteiger partial charge < -0.3 is 19.3 Å². The summed E-state index contributed by atoms with van der Waals surface area (Å²) in [5.74, 6) is 0.830. The highest BCUT2D eigenvalue weighted by molar-refractivity contribution is 5.97. The van der Waals surface area contributed by atoms with Gasteiger partial charge in [0, 0.05) is 29.7 Å².